The molecule has 0 aromatic carbocycles. The van der Waals surface area contributed by atoms with Crippen LogP contribution in [0, 0.1) is 6.92 Å². The zero-order valence-electron chi connectivity index (χ0n) is 10.0. The monoisotopic (exact) mass is 224 g/mol. The van der Waals surface area contributed by atoms with Gasteiger partial charge in [-0.1, -0.05) is 0 Å². The van der Waals surface area contributed by atoms with Crippen LogP contribution in [-0.2, 0) is 11.8 Å². The van der Waals surface area contributed by atoms with Gasteiger partial charge < -0.3 is 9.84 Å². The Morgan fingerprint density at radius 3 is 3.06 bits per heavy atom. The number of rotatable bonds is 4. The predicted molar refractivity (Wildman–Crippen MR) is 61.1 cm³/mol. The van der Waals surface area contributed by atoms with Crippen LogP contribution < -0.4 is 0 Å². The van der Waals surface area contributed by atoms with E-state index in [1.165, 1.54) is 0 Å². The summed E-state index contributed by atoms with van der Waals surface area (Å²) in [6, 6.07) is 1.94. The number of aliphatic hydroxyl groups is 1. The minimum atomic E-state index is -0.421. The van der Waals surface area contributed by atoms with Crippen molar-refractivity contribution in [3.8, 4) is 0 Å². The van der Waals surface area contributed by atoms with Crippen molar-refractivity contribution in [2.75, 3.05) is 6.61 Å². The number of aryl methyl sites for hydroxylation is 2. The second-order valence-corrected chi connectivity index (χ2v) is 4.56. The Morgan fingerprint density at radius 1 is 1.69 bits per heavy atom. The molecule has 1 aromatic heterocycles. The van der Waals surface area contributed by atoms with E-state index in [4.69, 9.17) is 4.74 Å². The van der Waals surface area contributed by atoms with Gasteiger partial charge in [0.15, 0.2) is 0 Å². The van der Waals surface area contributed by atoms with Crippen LogP contribution in [-0.4, -0.2) is 27.6 Å². The summed E-state index contributed by atoms with van der Waals surface area (Å²) >= 11 is 0. The Bertz CT molecular complexity index is 343. The summed E-state index contributed by atoms with van der Waals surface area (Å²) in [4.78, 5) is 0. The largest absolute Gasteiger partial charge is 0.387 e. The van der Waals surface area contributed by atoms with Gasteiger partial charge in [0.25, 0.3) is 0 Å². The van der Waals surface area contributed by atoms with Crippen molar-refractivity contribution in [2.45, 2.75) is 44.8 Å². The van der Waals surface area contributed by atoms with Gasteiger partial charge in [-0.3, -0.25) is 4.68 Å². The second kappa shape index (κ2) is 4.97. The Kier molecular flexibility index (Phi) is 3.61. The molecule has 1 aromatic rings. The third kappa shape index (κ3) is 2.62. The van der Waals surface area contributed by atoms with Crippen LogP contribution in [0.5, 0.6) is 0 Å². The number of nitrogens with zero attached hydrogens (tertiary/aromatic N) is 2. The van der Waals surface area contributed by atoms with Crippen molar-refractivity contribution in [2.24, 2.45) is 7.05 Å². The summed E-state index contributed by atoms with van der Waals surface area (Å²) in [7, 11) is 1.87. The van der Waals surface area contributed by atoms with E-state index in [0.717, 1.165) is 43.7 Å². The summed E-state index contributed by atoms with van der Waals surface area (Å²) < 4.78 is 7.30. The molecular formula is C12H20N2O2. The number of ether oxygens (including phenoxy) is 1. The lowest BCUT2D eigenvalue weighted by molar-refractivity contribution is 0.0791. The van der Waals surface area contributed by atoms with Crippen molar-refractivity contribution in [1.29, 1.82) is 0 Å². The number of hydrogen-bond acceptors (Lipinski definition) is 3. The van der Waals surface area contributed by atoms with Crippen molar-refractivity contribution in [1.82, 2.24) is 9.78 Å². The molecular weight excluding hydrogens is 204 g/mol. The van der Waals surface area contributed by atoms with E-state index in [1.807, 2.05) is 20.0 Å². The molecule has 0 bridgehead atoms. The van der Waals surface area contributed by atoms with Crippen LogP contribution >= 0.6 is 0 Å². The Hall–Kier alpha value is -0.870. The van der Waals surface area contributed by atoms with Crippen molar-refractivity contribution >= 4 is 0 Å². The van der Waals surface area contributed by atoms with Crippen LogP contribution in [0.25, 0.3) is 0 Å². The molecule has 0 amide bonds. The molecule has 2 unspecified atom stereocenters. The summed E-state index contributed by atoms with van der Waals surface area (Å²) in [6.45, 7) is 2.82. The van der Waals surface area contributed by atoms with Gasteiger partial charge in [0.2, 0.25) is 0 Å². The average molecular weight is 224 g/mol. The van der Waals surface area contributed by atoms with Gasteiger partial charge in [-0.15, -0.1) is 0 Å². The Balaban J connectivity index is 1.87. The van der Waals surface area contributed by atoms with Crippen LogP contribution in [0.4, 0.5) is 0 Å². The molecule has 90 valence electrons. The van der Waals surface area contributed by atoms with Gasteiger partial charge in [-0.25, -0.2) is 0 Å². The zero-order chi connectivity index (χ0) is 11.5. The molecule has 0 saturated carbocycles. The maximum Gasteiger partial charge on any atom is 0.0957 e. The summed E-state index contributed by atoms with van der Waals surface area (Å²) in [6.07, 6.45) is 3.91. The van der Waals surface area contributed by atoms with E-state index in [-0.39, 0.29) is 0 Å². The summed E-state index contributed by atoms with van der Waals surface area (Å²) in [5.74, 6) is 0. The van der Waals surface area contributed by atoms with E-state index in [0.29, 0.717) is 6.10 Å². The molecule has 1 fully saturated rings. The molecule has 1 N–H and O–H groups in total. The second-order valence-electron chi connectivity index (χ2n) is 4.56. The molecule has 0 spiro atoms. The molecule has 4 nitrogen and oxygen atoms in total. The van der Waals surface area contributed by atoms with Crippen LogP contribution in [0.3, 0.4) is 0 Å². The number of aliphatic hydroxyl groups excluding tert-OH is 1. The highest BCUT2D eigenvalue weighted by Crippen LogP contribution is 2.23. The molecule has 0 aliphatic carbocycles. The molecule has 0 radical (unpaired) electrons. The fraction of sp³-hybridized carbons (Fsp3) is 0.750. The Labute approximate surface area is 96.2 Å². The van der Waals surface area contributed by atoms with Gasteiger partial charge in [0, 0.05) is 13.7 Å². The normalized spacial score (nSPS) is 22.6. The molecule has 1 saturated heterocycles. The van der Waals surface area contributed by atoms with Gasteiger partial charge >= 0.3 is 0 Å². The van der Waals surface area contributed by atoms with E-state index in [1.54, 1.807) is 4.68 Å². The van der Waals surface area contributed by atoms with E-state index in [9.17, 15) is 5.11 Å². The standard InChI is InChI=1S/C12H20N2O2/c1-9-8-11(14(2)13-9)12(15)6-5-10-4-3-7-16-10/h8,10,12,15H,3-7H2,1-2H3. The first-order chi connectivity index (χ1) is 7.66. The zero-order valence-corrected chi connectivity index (χ0v) is 10.0. The number of hydrogen-bond donors (Lipinski definition) is 1. The third-order valence-corrected chi connectivity index (χ3v) is 3.17. The molecule has 1 aliphatic rings. The van der Waals surface area contributed by atoms with Gasteiger partial charge in [-0.2, -0.15) is 5.10 Å². The van der Waals surface area contributed by atoms with Crippen molar-refractivity contribution in [3.63, 3.8) is 0 Å². The summed E-state index contributed by atoms with van der Waals surface area (Å²) in [5, 5.41) is 14.3. The van der Waals surface area contributed by atoms with Crippen molar-refractivity contribution < 1.29 is 9.84 Å². The first-order valence-electron chi connectivity index (χ1n) is 5.97. The highest BCUT2D eigenvalue weighted by Gasteiger charge is 2.19. The molecule has 2 atom stereocenters. The number of aromatic nitrogens is 2. The smallest absolute Gasteiger partial charge is 0.0957 e. The fourth-order valence-electron chi connectivity index (χ4n) is 2.31. The Morgan fingerprint density at radius 2 is 2.50 bits per heavy atom. The van der Waals surface area contributed by atoms with Crippen LogP contribution in [0.15, 0.2) is 6.07 Å². The molecule has 2 heterocycles. The lowest BCUT2D eigenvalue weighted by Crippen LogP contribution is -2.10. The van der Waals surface area contributed by atoms with E-state index in [2.05, 4.69) is 5.10 Å². The first kappa shape index (κ1) is 11.6. The SMILES string of the molecule is Cc1cc(C(O)CCC2CCCO2)n(C)n1. The highest BCUT2D eigenvalue weighted by atomic mass is 16.5. The van der Waals surface area contributed by atoms with Gasteiger partial charge in [-0.05, 0) is 38.7 Å². The third-order valence-electron chi connectivity index (χ3n) is 3.17. The minimum Gasteiger partial charge on any atom is -0.387 e. The maximum atomic E-state index is 10.1. The minimum absolute atomic E-state index is 0.351. The fourth-order valence-corrected chi connectivity index (χ4v) is 2.31. The summed E-state index contributed by atoms with van der Waals surface area (Å²) in [5.41, 5.74) is 1.85. The van der Waals surface area contributed by atoms with E-state index >= 15 is 0 Å². The average Bonchev–Trinajstić information content (AvgIpc) is 2.84. The molecule has 16 heavy (non-hydrogen) atoms. The van der Waals surface area contributed by atoms with Crippen LogP contribution in [0.2, 0.25) is 0 Å². The van der Waals surface area contributed by atoms with Crippen molar-refractivity contribution in [3.05, 3.63) is 17.5 Å². The van der Waals surface area contributed by atoms with Gasteiger partial charge in [0.05, 0.1) is 23.6 Å². The quantitative estimate of drug-likeness (QED) is 0.847. The van der Waals surface area contributed by atoms with Crippen LogP contribution in [0.1, 0.15) is 43.2 Å². The molecule has 4 heteroatoms. The topological polar surface area (TPSA) is 47.3 Å². The van der Waals surface area contributed by atoms with E-state index < -0.39 is 6.10 Å². The molecule has 1 aliphatic heterocycles. The maximum absolute atomic E-state index is 10.1. The van der Waals surface area contributed by atoms with Gasteiger partial charge in [0.1, 0.15) is 0 Å². The lowest BCUT2D eigenvalue weighted by atomic mass is 10.1. The first-order valence-corrected chi connectivity index (χ1v) is 5.97. The highest BCUT2D eigenvalue weighted by molar-refractivity contribution is 5.11. The lowest BCUT2D eigenvalue weighted by Gasteiger charge is -2.13. The molecule has 2 rings (SSSR count). The predicted octanol–water partition coefficient (Wildman–Crippen LogP) is 1.72.